The third-order valence-corrected chi connectivity index (χ3v) is 9.59. The molecule has 1 atom stereocenters. The Hall–Kier alpha value is -5.81. The molecular formula is C39H48N6O10S. The summed E-state index contributed by atoms with van der Waals surface area (Å²) in [6, 6.07) is 13.9. The third kappa shape index (κ3) is 10.3. The second-order valence-corrected chi connectivity index (χ2v) is 14.6. The number of nitrogens with two attached hydrogens (primary N) is 1. The molecule has 5 N–H and O–H groups in total. The number of hydrogen-bond acceptors (Lipinski definition) is 13. The fourth-order valence-corrected chi connectivity index (χ4v) is 7.23. The summed E-state index contributed by atoms with van der Waals surface area (Å²) in [6.07, 6.45) is 0. The van der Waals surface area contributed by atoms with Gasteiger partial charge in [-0.3, -0.25) is 28.9 Å². The van der Waals surface area contributed by atoms with Crippen LogP contribution in [0.25, 0.3) is 0 Å². The molecule has 17 heteroatoms. The molecule has 16 nitrogen and oxygen atoms in total. The first kappa shape index (κ1) is 42.9. The van der Waals surface area contributed by atoms with E-state index < -0.39 is 60.3 Å². The summed E-state index contributed by atoms with van der Waals surface area (Å²) in [4.78, 5) is 81.4. The van der Waals surface area contributed by atoms with Crippen LogP contribution < -0.4 is 41.0 Å². The summed E-state index contributed by atoms with van der Waals surface area (Å²) in [5, 5.41) is 7.27. The Morgan fingerprint density at radius 2 is 1.57 bits per heavy atom. The van der Waals surface area contributed by atoms with Crippen molar-refractivity contribution in [2.45, 2.75) is 69.1 Å². The number of rotatable bonds is 15. The number of hydrogen-bond donors (Lipinski definition) is 4. The lowest BCUT2D eigenvalue weighted by Gasteiger charge is -2.38. The van der Waals surface area contributed by atoms with Crippen molar-refractivity contribution in [2.24, 2.45) is 5.73 Å². The third-order valence-electron chi connectivity index (χ3n) is 8.39. The average Bonchev–Trinajstić information content (AvgIpc) is 3.16. The van der Waals surface area contributed by atoms with Crippen molar-refractivity contribution >= 4 is 64.4 Å². The molecule has 0 fully saturated rings. The van der Waals surface area contributed by atoms with E-state index in [1.54, 1.807) is 32.9 Å². The van der Waals surface area contributed by atoms with Crippen LogP contribution in [0.1, 0.15) is 56.1 Å². The highest BCUT2D eigenvalue weighted by Crippen LogP contribution is 2.58. The van der Waals surface area contributed by atoms with E-state index in [0.29, 0.717) is 33.3 Å². The van der Waals surface area contributed by atoms with Crippen molar-refractivity contribution in [1.29, 1.82) is 0 Å². The molecule has 3 aromatic carbocycles. The molecule has 3 aromatic rings. The number of benzene rings is 3. The van der Waals surface area contributed by atoms with Gasteiger partial charge in [-0.05, 0) is 57.0 Å². The number of ether oxygens (including phenoxy) is 4. The van der Waals surface area contributed by atoms with E-state index in [4.69, 9.17) is 19.9 Å². The Morgan fingerprint density at radius 1 is 0.893 bits per heavy atom. The smallest absolute Gasteiger partial charge is 0.343 e. The molecule has 0 spiro atoms. The molecule has 1 aliphatic rings. The van der Waals surface area contributed by atoms with Gasteiger partial charge in [-0.2, -0.15) is 0 Å². The minimum atomic E-state index is -1.03. The summed E-state index contributed by atoms with van der Waals surface area (Å²) >= 11 is 1.19. The van der Waals surface area contributed by atoms with Gasteiger partial charge < -0.3 is 45.5 Å². The van der Waals surface area contributed by atoms with Gasteiger partial charge in [0.05, 0.1) is 49.0 Å². The molecule has 0 bridgehead atoms. The Bertz CT molecular complexity index is 1980. The number of nitrogens with zero attached hydrogens (tertiary/aromatic N) is 2. The number of anilines is 3. The van der Waals surface area contributed by atoms with Gasteiger partial charge in [0.25, 0.3) is 0 Å². The van der Waals surface area contributed by atoms with Gasteiger partial charge in [0, 0.05) is 20.0 Å². The minimum absolute atomic E-state index is 0.0735. The van der Waals surface area contributed by atoms with E-state index in [-0.39, 0.29) is 35.8 Å². The molecule has 0 aliphatic carbocycles. The molecule has 1 heterocycles. The van der Waals surface area contributed by atoms with Crippen LogP contribution in [0.5, 0.6) is 11.5 Å². The van der Waals surface area contributed by atoms with Crippen LogP contribution in [0.3, 0.4) is 0 Å². The molecule has 300 valence electrons. The first-order valence-electron chi connectivity index (χ1n) is 17.6. The number of carbonyl (C=O) groups is 6. The molecule has 4 rings (SSSR count). The van der Waals surface area contributed by atoms with Crippen molar-refractivity contribution in [3.05, 3.63) is 65.2 Å². The standard InChI is InChI=1S/C39H48N6O10S/c1-22(37(50)42-19-31(49)54-8)43-29(47)18-41-30(48)21-44(23(2)46)34-28(53-7)16-25(17-40)33-36(34)56-35-26(45(33)20-24-12-10-9-11-13-24)14-15-27(52-6)32(35)38(51)55-39(3,4)5/h9-16,22H,17-21,40H2,1-8H3,(H,41,48)(H,42,50)(H,43,47)/t22-/m0/s1. The van der Waals surface area contributed by atoms with Gasteiger partial charge in [0.2, 0.25) is 23.6 Å². The minimum Gasteiger partial charge on any atom is -0.496 e. The van der Waals surface area contributed by atoms with E-state index in [9.17, 15) is 28.8 Å². The topological polar surface area (TPSA) is 208 Å². The van der Waals surface area contributed by atoms with Gasteiger partial charge in [-0.25, -0.2) is 4.79 Å². The number of nitrogens with one attached hydrogen (secondary N) is 3. The summed E-state index contributed by atoms with van der Waals surface area (Å²) < 4.78 is 21.9. The fourth-order valence-electron chi connectivity index (χ4n) is 5.81. The molecule has 0 aromatic heterocycles. The van der Waals surface area contributed by atoms with Crippen LogP contribution in [0, 0.1) is 0 Å². The van der Waals surface area contributed by atoms with Gasteiger partial charge >= 0.3 is 11.9 Å². The number of esters is 2. The molecule has 56 heavy (non-hydrogen) atoms. The molecule has 0 saturated heterocycles. The van der Waals surface area contributed by atoms with E-state index in [0.717, 1.165) is 5.56 Å². The van der Waals surface area contributed by atoms with Gasteiger partial charge in [0.15, 0.2) is 0 Å². The molecule has 0 radical (unpaired) electrons. The fraction of sp³-hybridized carbons (Fsp3) is 0.385. The largest absolute Gasteiger partial charge is 0.496 e. The first-order valence-corrected chi connectivity index (χ1v) is 18.4. The molecular weight excluding hydrogens is 745 g/mol. The second-order valence-electron chi connectivity index (χ2n) is 13.6. The zero-order valence-corrected chi connectivity index (χ0v) is 33.5. The SMILES string of the molecule is COC(=O)CNC(=O)[C@H](C)NC(=O)CNC(=O)CN(C(C)=O)c1c(OC)cc(CN)c2c1Sc1c(ccc(OC)c1C(=O)OC(C)(C)C)N2Cc1ccccc1. The highest BCUT2D eigenvalue weighted by atomic mass is 32.2. The number of carbonyl (C=O) groups excluding carboxylic acids is 6. The zero-order chi connectivity index (χ0) is 41.3. The molecule has 0 saturated carbocycles. The van der Waals surface area contributed by atoms with E-state index in [1.165, 1.54) is 51.8 Å². The summed E-state index contributed by atoms with van der Waals surface area (Å²) in [7, 11) is 4.06. The Morgan fingerprint density at radius 3 is 2.16 bits per heavy atom. The Labute approximate surface area is 329 Å². The zero-order valence-electron chi connectivity index (χ0n) is 32.7. The van der Waals surface area contributed by atoms with Crippen LogP contribution in [0.4, 0.5) is 17.1 Å². The number of amides is 4. The maximum absolute atomic E-state index is 13.9. The molecule has 1 aliphatic heterocycles. The van der Waals surface area contributed by atoms with Crippen molar-refractivity contribution < 1.29 is 47.7 Å². The summed E-state index contributed by atoms with van der Waals surface area (Å²) in [5.41, 5.74) is 8.83. The van der Waals surface area contributed by atoms with Gasteiger partial charge in [-0.1, -0.05) is 42.1 Å². The van der Waals surface area contributed by atoms with Crippen molar-refractivity contribution in [3.63, 3.8) is 0 Å². The Balaban J connectivity index is 1.78. The number of fused-ring (bicyclic) bond motifs is 2. The summed E-state index contributed by atoms with van der Waals surface area (Å²) in [6.45, 7) is 6.95. The lowest BCUT2D eigenvalue weighted by atomic mass is 10.0. The molecule has 4 amide bonds. The van der Waals surface area contributed by atoms with Crippen molar-refractivity contribution in [2.75, 3.05) is 50.8 Å². The van der Waals surface area contributed by atoms with Gasteiger partial charge in [-0.15, -0.1) is 0 Å². The lowest BCUT2D eigenvalue weighted by Crippen LogP contribution is -2.49. The lowest BCUT2D eigenvalue weighted by molar-refractivity contribution is -0.141. The van der Waals surface area contributed by atoms with Crippen molar-refractivity contribution in [3.8, 4) is 11.5 Å². The predicted octanol–water partition coefficient (Wildman–Crippen LogP) is 3.18. The maximum Gasteiger partial charge on any atom is 0.343 e. The Kier molecular flexibility index (Phi) is 14.3. The monoisotopic (exact) mass is 792 g/mol. The van der Waals surface area contributed by atoms with Crippen LogP contribution in [0.2, 0.25) is 0 Å². The first-order chi connectivity index (χ1) is 26.5. The van der Waals surface area contributed by atoms with Crippen molar-refractivity contribution in [1.82, 2.24) is 16.0 Å². The van der Waals surface area contributed by atoms with Crippen LogP contribution in [-0.2, 0) is 46.5 Å². The van der Waals surface area contributed by atoms with Crippen LogP contribution in [-0.4, -0.2) is 88.2 Å². The number of methoxy groups -OCH3 is 3. The van der Waals surface area contributed by atoms with Gasteiger partial charge in [0.1, 0.15) is 47.5 Å². The predicted molar refractivity (Wildman–Crippen MR) is 209 cm³/mol. The van der Waals surface area contributed by atoms with E-state index in [2.05, 4.69) is 20.7 Å². The van der Waals surface area contributed by atoms with E-state index in [1.807, 2.05) is 41.3 Å². The average molecular weight is 793 g/mol. The van der Waals surface area contributed by atoms with E-state index >= 15 is 0 Å². The summed E-state index contributed by atoms with van der Waals surface area (Å²) in [5.74, 6) is -3.34. The quantitative estimate of drug-likeness (QED) is 0.163. The maximum atomic E-state index is 13.9. The van der Waals surface area contributed by atoms with Crippen LogP contribution in [0.15, 0.2) is 58.3 Å². The normalized spacial score (nSPS) is 12.3. The second kappa shape index (κ2) is 18.7. The highest BCUT2D eigenvalue weighted by Gasteiger charge is 2.38. The highest BCUT2D eigenvalue weighted by molar-refractivity contribution is 8.00. The molecule has 0 unspecified atom stereocenters. The van der Waals surface area contributed by atoms with Crippen LogP contribution >= 0.6 is 11.8 Å².